The molecule has 1 aliphatic heterocycles. The summed E-state index contributed by atoms with van der Waals surface area (Å²) in [5.41, 5.74) is 0.993. The number of benzene rings is 1. The first-order valence-corrected chi connectivity index (χ1v) is 8.13. The maximum Gasteiger partial charge on any atom is 0.320 e. The molecule has 2 rings (SSSR count). The number of carbonyl (C=O) groups excluding carboxylic acids is 1. The second-order valence-electron chi connectivity index (χ2n) is 6.94. The van der Waals surface area contributed by atoms with E-state index in [9.17, 15) is 4.79 Å². The highest BCUT2D eigenvalue weighted by Crippen LogP contribution is 2.09. The van der Waals surface area contributed by atoms with Crippen molar-refractivity contribution in [3.8, 4) is 0 Å². The highest BCUT2D eigenvalue weighted by molar-refractivity contribution is 5.72. The molecule has 0 aliphatic carbocycles. The van der Waals surface area contributed by atoms with Gasteiger partial charge in [0.15, 0.2) is 0 Å². The Kier molecular flexibility index (Phi) is 5.98. The molecule has 4 nitrogen and oxygen atoms in total. The number of piperazine rings is 1. The van der Waals surface area contributed by atoms with E-state index in [1.807, 2.05) is 20.8 Å². The number of nitrogens with zero attached hydrogens (tertiary/aromatic N) is 2. The van der Waals surface area contributed by atoms with Gasteiger partial charge >= 0.3 is 5.97 Å². The third-order valence-corrected chi connectivity index (χ3v) is 3.80. The topological polar surface area (TPSA) is 32.8 Å². The predicted molar refractivity (Wildman–Crippen MR) is 88.9 cm³/mol. The molecule has 0 unspecified atom stereocenters. The minimum atomic E-state index is -0.394. The lowest BCUT2D eigenvalue weighted by molar-refractivity contribution is -0.156. The van der Waals surface area contributed by atoms with Crippen molar-refractivity contribution in [2.75, 3.05) is 39.3 Å². The van der Waals surface area contributed by atoms with E-state index in [4.69, 9.17) is 4.74 Å². The Labute approximate surface area is 134 Å². The van der Waals surface area contributed by atoms with Crippen LogP contribution in [0.25, 0.3) is 0 Å². The molecule has 0 radical (unpaired) electrons. The first kappa shape index (κ1) is 17.0. The molecule has 1 aliphatic rings. The Hall–Kier alpha value is -1.39. The largest absolute Gasteiger partial charge is 0.459 e. The zero-order valence-electron chi connectivity index (χ0n) is 14.0. The summed E-state index contributed by atoms with van der Waals surface area (Å²) in [5.74, 6) is -0.120. The van der Waals surface area contributed by atoms with Crippen LogP contribution in [0.5, 0.6) is 0 Å². The van der Waals surface area contributed by atoms with Gasteiger partial charge < -0.3 is 9.64 Å². The number of hydrogen-bond donors (Lipinski definition) is 0. The molecule has 0 aromatic heterocycles. The summed E-state index contributed by atoms with van der Waals surface area (Å²) in [6.45, 7) is 11.1. The van der Waals surface area contributed by atoms with Gasteiger partial charge in [0.1, 0.15) is 5.60 Å². The predicted octanol–water partition coefficient (Wildman–Crippen LogP) is 2.19. The quantitative estimate of drug-likeness (QED) is 0.781. The molecule has 0 N–H and O–H groups in total. The van der Waals surface area contributed by atoms with Gasteiger partial charge in [0.25, 0.3) is 0 Å². The van der Waals surface area contributed by atoms with Crippen LogP contribution in [0.3, 0.4) is 0 Å². The number of carbonyl (C=O) groups is 1. The van der Waals surface area contributed by atoms with E-state index >= 15 is 0 Å². The molecular weight excluding hydrogens is 276 g/mol. The minimum Gasteiger partial charge on any atom is -0.459 e. The molecule has 1 fully saturated rings. The van der Waals surface area contributed by atoms with Crippen molar-refractivity contribution in [3.63, 3.8) is 0 Å². The van der Waals surface area contributed by atoms with E-state index in [1.165, 1.54) is 5.56 Å². The van der Waals surface area contributed by atoms with Crippen LogP contribution in [-0.2, 0) is 16.0 Å². The fourth-order valence-electron chi connectivity index (χ4n) is 2.66. The number of rotatable bonds is 5. The lowest BCUT2D eigenvalue weighted by Crippen LogP contribution is -2.49. The smallest absolute Gasteiger partial charge is 0.320 e. The van der Waals surface area contributed by atoms with Crippen LogP contribution in [0.15, 0.2) is 30.3 Å². The Morgan fingerprint density at radius 1 is 1.05 bits per heavy atom. The van der Waals surface area contributed by atoms with E-state index in [0.29, 0.717) is 6.54 Å². The van der Waals surface area contributed by atoms with Crippen LogP contribution >= 0.6 is 0 Å². The maximum absolute atomic E-state index is 11.8. The molecule has 0 bridgehead atoms. The average Bonchev–Trinajstić information content (AvgIpc) is 2.45. The lowest BCUT2D eigenvalue weighted by Gasteiger charge is -2.34. The van der Waals surface area contributed by atoms with Crippen molar-refractivity contribution in [2.24, 2.45) is 0 Å². The summed E-state index contributed by atoms with van der Waals surface area (Å²) in [4.78, 5) is 16.5. The van der Waals surface area contributed by atoms with Crippen LogP contribution < -0.4 is 0 Å². The Bertz CT molecular complexity index is 460. The van der Waals surface area contributed by atoms with Crippen LogP contribution in [0.4, 0.5) is 0 Å². The Morgan fingerprint density at radius 3 is 2.23 bits per heavy atom. The van der Waals surface area contributed by atoms with Crippen LogP contribution in [0.1, 0.15) is 26.3 Å². The van der Waals surface area contributed by atoms with E-state index < -0.39 is 5.60 Å². The van der Waals surface area contributed by atoms with Crippen molar-refractivity contribution in [3.05, 3.63) is 35.9 Å². The van der Waals surface area contributed by atoms with Gasteiger partial charge in [-0.3, -0.25) is 9.69 Å². The molecule has 22 heavy (non-hydrogen) atoms. The molecule has 1 aromatic rings. The van der Waals surface area contributed by atoms with Crippen molar-refractivity contribution in [1.29, 1.82) is 0 Å². The standard InChI is InChI=1S/C18H28N2O2/c1-18(2,3)22-17(21)15-20-13-11-19(12-14-20)10-9-16-7-5-4-6-8-16/h4-8H,9-15H2,1-3H3. The summed E-state index contributed by atoms with van der Waals surface area (Å²) < 4.78 is 5.38. The normalized spacial score (nSPS) is 17.4. The van der Waals surface area contributed by atoms with Crippen LogP contribution in [-0.4, -0.2) is 60.6 Å². The number of hydrogen-bond acceptors (Lipinski definition) is 4. The fourth-order valence-corrected chi connectivity index (χ4v) is 2.66. The summed E-state index contributed by atoms with van der Waals surface area (Å²) >= 11 is 0. The van der Waals surface area contributed by atoms with Crippen LogP contribution in [0, 0.1) is 0 Å². The monoisotopic (exact) mass is 304 g/mol. The van der Waals surface area contributed by atoms with Crippen molar-refractivity contribution in [1.82, 2.24) is 9.80 Å². The SMILES string of the molecule is CC(C)(C)OC(=O)CN1CCN(CCc2ccccc2)CC1. The lowest BCUT2D eigenvalue weighted by atomic mass is 10.1. The summed E-state index contributed by atoms with van der Waals surface area (Å²) in [7, 11) is 0. The Balaban J connectivity index is 1.66. The zero-order valence-corrected chi connectivity index (χ0v) is 14.0. The molecule has 1 heterocycles. The second-order valence-corrected chi connectivity index (χ2v) is 6.94. The van der Waals surface area contributed by atoms with E-state index in [-0.39, 0.29) is 5.97 Å². The highest BCUT2D eigenvalue weighted by atomic mass is 16.6. The first-order valence-electron chi connectivity index (χ1n) is 8.13. The van der Waals surface area contributed by atoms with Gasteiger partial charge in [-0.15, -0.1) is 0 Å². The first-order chi connectivity index (χ1) is 10.4. The third-order valence-electron chi connectivity index (χ3n) is 3.80. The number of ether oxygens (including phenoxy) is 1. The molecule has 0 amide bonds. The maximum atomic E-state index is 11.8. The molecular formula is C18H28N2O2. The van der Waals surface area contributed by atoms with Crippen molar-refractivity contribution >= 4 is 5.97 Å². The van der Waals surface area contributed by atoms with Crippen LogP contribution in [0.2, 0.25) is 0 Å². The number of esters is 1. The summed E-state index contributed by atoms with van der Waals surface area (Å²) in [6.07, 6.45) is 1.09. The fraction of sp³-hybridized carbons (Fsp3) is 0.611. The molecule has 0 atom stereocenters. The van der Waals surface area contributed by atoms with Gasteiger partial charge in [0.2, 0.25) is 0 Å². The van der Waals surface area contributed by atoms with E-state index in [1.54, 1.807) is 0 Å². The van der Waals surface area contributed by atoms with Gasteiger partial charge in [-0.2, -0.15) is 0 Å². The molecule has 4 heteroatoms. The molecule has 0 saturated carbocycles. The zero-order chi connectivity index (χ0) is 16.0. The van der Waals surface area contributed by atoms with Gasteiger partial charge in [-0.1, -0.05) is 30.3 Å². The molecule has 1 saturated heterocycles. The summed E-state index contributed by atoms with van der Waals surface area (Å²) in [5, 5.41) is 0. The highest BCUT2D eigenvalue weighted by Gasteiger charge is 2.22. The average molecular weight is 304 g/mol. The van der Waals surface area contributed by atoms with Gasteiger partial charge in [-0.05, 0) is 32.8 Å². The molecule has 122 valence electrons. The van der Waals surface area contributed by atoms with Gasteiger partial charge in [-0.25, -0.2) is 0 Å². The Morgan fingerprint density at radius 2 is 1.64 bits per heavy atom. The van der Waals surface area contributed by atoms with Crippen molar-refractivity contribution < 1.29 is 9.53 Å². The molecule has 0 spiro atoms. The minimum absolute atomic E-state index is 0.120. The third kappa shape index (κ3) is 6.16. The molecule has 1 aromatic carbocycles. The van der Waals surface area contributed by atoms with Gasteiger partial charge in [0.05, 0.1) is 6.54 Å². The van der Waals surface area contributed by atoms with E-state index in [0.717, 1.165) is 39.1 Å². The van der Waals surface area contributed by atoms with Gasteiger partial charge in [0, 0.05) is 32.7 Å². The second kappa shape index (κ2) is 7.75. The van der Waals surface area contributed by atoms with Crippen molar-refractivity contribution in [2.45, 2.75) is 32.8 Å². The summed E-state index contributed by atoms with van der Waals surface area (Å²) in [6, 6.07) is 10.6. The van der Waals surface area contributed by atoms with E-state index in [2.05, 4.69) is 40.1 Å².